The standard InChI is InChI=1S/C22H18N6O/c1-13-21(24-12-19(23)25-13)15-8-9-16-18(10-15)28-20(27(2)22(16)29)11-17(26-28)14-6-4-3-5-7-14/h3-12H,1-2H3,(H2,23,25). The summed E-state index contributed by atoms with van der Waals surface area (Å²) in [5.74, 6) is 0.378. The summed E-state index contributed by atoms with van der Waals surface area (Å²) in [4.78, 5) is 21.6. The third-order valence-corrected chi connectivity index (χ3v) is 5.10. The molecular weight excluding hydrogens is 364 g/mol. The molecule has 0 bridgehead atoms. The first-order valence-corrected chi connectivity index (χ1v) is 9.20. The number of nitrogens with zero attached hydrogens (tertiary/aromatic N) is 5. The van der Waals surface area contributed by atoms with Crippen LogP contribution in [0.2, 0.25) is 0 Å². The van der Waals surface area contributed by atoms with Crippen molar-refractivity contribution in [3.8, 4) is 22.5 Å². The van der Waals surface area contributed by atoms with E-state index in [0.29, 0.717) is 11.2 Å². The maximum atomic E-state index is 12.9. The minimum absolute atomic E-state index is 0.0707. The summed E-state index contributed by atoms with van der Waals surface area (Å²) in [5.41, 5.74) is 11.2. The first-order valence-electron chi connectivity index (χ1n) is 9.20. The molecule has 142 valence electrons. The van der Waals surface area contributed by atoms with E-state index in [9.17, 15) is 4.79 Å². The van der Waals surface area contributed by atoms with Gasteiger partial charge in [0.05, 0.1) is 34.2 Å². The van der Waals surface area contributed by atoms with Gasteiger partial charge in [-0.3, -0.25) is 14.3 Å². The van der Waals surface area contributed by atoms with Crippen LogP contribution in [0.4, 0.5) is 5.82 Å². The van der Waals surface area contributed by atoms with Crippen molar-refractivity contribution in [1.82, 2.24) is 24.1 Å². The Bertz CT molecular complexity index is 1450. The van der Waals surface area contributed by atoms with Gasteiger partial charge < -0.3 is 5.73 Å². The van der Waals surface area contributed by atoms with Crippen LogP contribution < -0.4 is 11.3 Å². The molecule has 0 aliphatic heterocycles. The zero-order valence-corrected chi connectivity index (χ0v) is 16.0. The Kier molecular flexibility index (Phi) is 3.70. The van der Waals surface area contributed by atoms with Gasteiger partial charge in [0.1, 0.15) is 11.5 Å². The van der Waals surface area contributed by atoms with Gasteiger partial charge in [-0.05, 0) is 19.1 Å². The topological polar surface area (TPSA) is 91.1 Å². The van der Waals surface area contributed by atoms with Gasteiger partial charge in [-0.1, -0.05) is 36.4 Å². The molecule has 0 saturated carbocycles. The van der Waals surface area contributed by atoms with Gasteiger partial charge in [0.2, 0.25) is 0 Å². The van der Waals surface area contributed by atoms with E-state index in [2.05, 4.69) is 9.97 Å². The third-order valence-electron chi connectivity index (χ3n) is 5.10. The molecule has 0 aliphatic carbocycles. The van der Waals surface area contributed by atoms with Gasteiger partial charge in [0, 0.05) is 24.2 Å². The predicted molar refractivity (Wildman–Crippen MR) is 114 cm³/mol. The lowest BCUT2D eigenvalue weighted by molar-refractivity contribution is 0.850. The van der Waals surface area contributed by atoms with Crippen LogP contribution in [-0.2, 0) is 7.05 Å². The SMILES string of the molecule is Cc1nc(N)cnc1-c1ccc2c(=O)n(C)c3cc(-c4ccccc4)nn3c2c1. The normalized spacial score (nSPS) is 11.4. The summed E-state index contributed by atoms with van der Waals surface area (Å²) in [6.45, 7) is 1.86. The fourth-order valence-electron chi connectivity index (χ4n) is 3.64. The van der Waals surface area contributed by atoms with Crippen LogP contribution in [-0.4, -0.2) is 24.1 Å². The molecule has 0 spiro atoms. The third kappa shape index (κ3) is 2.67. The molecule has 3 aromatic heterocycles. The van der Waals surface area contributed by atoms with Gasteiger partial charge in [0.15, 0.2) is 0 Å². The van der Waals surface area contributed by atoms with E-state index in [4.69, 9.17) is 10.8 Å². The first-order chi connectivity index (χ1) is 14.0. The molecule has 5 rings (SSSR count). The summed E-state index contributed by atoms with van der Waals surface area (Å²) in [6.07, 6.45) is 1.54. The zero-order chi connectivity index (χ0) is 20.1. The van der Waals surface area contributed by atoms with Crippen LogP contribution in [0.15, 0.2) is 65.6 Å². The number of hydrogen-bond acceptors (Lipinski definition) is 5. The number of anilines is 1. The molecule has 2 aromatic carbocycles. The van der Waals surface area contributed by atoms with Crippen LogP contribution in [0.1, 0.15) is 5.69 Å². The number of nitrogen functional groups attached to an aromatic ring is 1. The summed E-state index contributed by atoms with van der Waals surface area (Å²) in [5, 5.41) is 5.38. The highest BCUT2D eigenvalue weighted by Gasteiger charge is 2.15. The molecule has 0 unspecified atom stereocenters. The highest BCUT2D eigenvalue weighted by atomic mass is 16.1. The quantitative estimate of drug-likeness (QED) is 0.506. The fourth-order valence-corrected chi connectivity index (χ4v) is 3.64. The molecule has 7 heteroatoms. The van der Waals surface area contributed by atoms with Gasteiger partial charge in [-0.25, -0.2) is 9.50 Å². The Morgan fingerprint density at radius 1 is 1.00 bits per heavy atom. The Morgan fingerprint density at radius 3 is 2.55 bits per heavy atom. The number of aryl methyl sites for hydroxylation is 2. The van der Waals surface area contributed by atoms with Crippen molar-refractivity contribution < 1.29 is 0 Å². The largest absolute Gasteiger partial charge is 0.382 e. The second-order valence-electron chi connectivity index (χ2n) is 6.99. The molecule has 2 N–H and O–H groups in total. The van der Waals surface area contributed by atoms with E-state index >= 15 is 0 Å². The number of rotatable bonds is 2. The molecule has 0 saturated heterocycles. The number of hydrogen-bond donors (Lipinski definition) is 1. The molecular formula is C22H18N6O. The molecule has 0 atom stereocenters. The van der Waals surface area contributed by atoms with Gasteiger partial charge in [0.25, 0.3) is 5.56 Å². The van der Waals surface area contributed by atoms with Crippen molar-refractivity contribution in [2.24, 2.45) is 7.05 Å². The smallest absolute Gasteiger partial charge is 0.261 e. The van der Waals surface area contributed by atoms with E-state index in [-0.39, 0.29) is 5.56 Å². The van der Waals surface area contributed by atoms with Crippen molar-refractivity contribution in [1.29, 1.82) is 0 Å². The van der Waals surface area contributed by atoms with E-state index in [1.807, 2.05) is 66.0 Å². The van der Waals surface area contributed by atoms with E-state index in [0.717, 1.165) is 39.4 Å². The molecule has 0 aliphatic rings. The molecule has 7 nitrogen and oxygen atoms in total. The van der Waals surface area contributed by atoms with Gasteiger partial charge >= 0.3 is 0 Å². The first kappa shape index (κ1) is 17.1. The van der Waals surface area contributed by atoms with E-state index in [1.54, 1.807) is 11.6 Å². The Labute approximate surface area is 166 Å². The van der Waals surface area contributed by atoms with Gasteiger partial charge in [-0.15, -0.1) is 0 Å². The maximum Gasteiger partial charge on any atom is 0.261 e. The highest BCUT2D eigenvalue weighted by Crippen LogP contribution is 2.26. The summed E-state index contributed by atoms with van der Waals surface area (Å²) < 4.78 is 3.43. The Morgan fingerprint density at radius 2 is 1.79 bits per heavy atom. The average molecular weight is 382 g/mol. The molecule has 0 amide bonds. The van der Waals surface area contributed by atoms with Crippen molar-refractivity contribution >= 4 is 22.4 Å². The molecule has 0 radical (unpaired) electrons. The van der Waals surface area contributed by atoms with Crippen molar-refractivity contribution in [3.63, 3.8) is 0 Å². The van der Waals surface area contributed by atoms with Crippen LogP contribution >= 0.6 is 0 Å². The number of aromatic nitrogens is 5. The van der Waals surface area contributed by atoms with E-state index < -0.39 is 0 Å². The number of fused-ring (bicyclic) bond motifs is 3. The number of benzene rings is 2. The van der Waals surface area contributed by atoms with Crippen molar-refractivity contribution in [3.05, 3.63) is 76.8 Å². The summed E-state index contributed by atoms with van der Waals surface area (Å²) >= 11 is 0. The van der Waals surface area contributed by atoms with Crippen LogP contribution in [0.5, 0.6) is 0 Å². The number of nitrogens with two attached hydrogens (primary N) is 1. The molecule has 29 heavy (non-hydrogen) atoms. The second-order valence-corrected chi connectivity index (χ2v) is 6.99. The molecule has 0 fully saturated rings. The van der Waals surface area contributed by atoms with Crippen molar-refractivity contribution in [2.75, 3.05) is 5.73 Å². The lowest BCUT2D eigenvalue weighted by atomic mass is 10.1. The van der Waals surface area contributed by atoms with E-state index in [1.165, 1.54) is 6.20 Å². The summed E-state index contributed by atoms with van der Waals surface area (Å²) in [6, 6.07) is 17.5. The molecule has 3 heterocycles. The summed E-state index contributed by atoms with van der Waals surface area (Å²) in [7, 11) is 1.76. The maximum absolute atomic E-state index is 12.9. The minimum Gasteiger partial charge on any atom is -0.382 e. The predicted octanol–water partition coefficient (Wildman–Crippen LogP) is 3.20. The van der Waals surface area contributed by atoms with Crippen LogP contribution in [0.3, 0.4) is 0 Å². The molecule has 5 aromatic rings. The highest BCUT2D eigenvalue weighted by molar-refractivity contribution is 5.86. The zero-order valence-electron chi connectivity index (χ0n) is 16.0. The van der Waals surface area contributed by atoms with Crippen LogP contribution in [0, 0.1) is 6.92 Å². The van der Waals surface area contributed by atoms with Gasteiger partial charge in [-0.2, -0.15) is 5.10 Å². The monoisotopic (exact) mass is 382 g/mol. The Hall–Kier alpha value is -4.00. The van der Waals surface area contributed by atoms with Crippen LogP contribution in [0.25, 0.3) is 39.1 Å². The Balaban J connectivity index is 1.82. The lowest BCUT2D eigenvalue weighted by Crippen LogP contribution is -2.19. The average Bonchev–Trinajstić information content (AvgIpc) is 3.18. The fraction of sp³-hybridized carbons (Fsp3) is 0.0909. The lowest BCUT2D eigenvalue weighted by Gasteiger charge is -2.09. The second kappa shape index (κ2) is 6.27. The minimum atomic E-state index is -0.0707. The van der Waals surface area contributed by atoms with Crippen molar-refractivity contribution in [2.45, 2.75) is 6.92 Å².